The van der Waals surface area contributed by atoms with Crippen LogP contribution in [-0.2, 0) is 15.7 Å². The SMILES string of the molecule is CN(C)C(=O)C1CN(c2ccnc(C(F)(F)F)c2)CCO1. The van der Waals surface area contributed by atoms with E-state index in [4.69, 9.17) is 4.74 Å². The number of nitrogens with zero attached hydrogens (tertiary/aromatic N) is 3. The van der Waals surface area contributed by atoms with Gasteiger partial charge < -0.3 is 14.5 Å². The van der Waals surface area contributed by atoms with Crippen LogP contribution < -0.4 is 4.90 Å². The van der Waals surface area contributed by atoms with Gasteiger partial charge in [0, 0.05) is 32.5 Å². The molecule has 0 radical (unpaired) electrons. The first-order chi connectivity index (χ1) is 9.79. The van der Waals surface area contributed by atoms with E-state index in [0.717, 1.165) is 12.3 Å². The summed E-state index contributed by atoms with van der Waals surface area (Å²) in [4.78, 5) is 18.3. The number of ether oxygens (including phenoxy) is 1. The number of amides is 1. The Balaban J connectivity index is 2.16. The van der Waals surface area contributed by atoms with Gasteiger partial charge in [-0.1, -0.05) is 0 Å². The lowest BCUT2D eigenvalue weighted by molar-refractivity contribution is -0.142. The van der Waals surface area contributed by atoms with Crippen LogP contribution >= 0.6 is 0 Å². The first-order valence-electron chi connectivity index (χ1n) is 6.40. The number of hydrogen-bond acceptors (Lipinski definition) is 4. The minimum absolute atomic E-state index is 0.204. The van der Waals surface area contributed by atoms with E-state index >= 15 is 0 Å². The molecule has 0 spiro atoms. The summed E-state index contributed by atoms with van der Waals surface area (Å²) in [5.41, 5.74) is -0.556. The Bertz CT molecular complexity index is 520. The molecular weight excluding hydrogens is 287 g/mol. The van der Waals surface area contributed by atoms with Crippen LogP contribution in [0, 0.1) is 0 Å². The molecule has 2 heterocycles. The number of halogens is 3. The Hall–Kier alpha value is -1.83. The van der Waals surface area contributed by atoms with Crippen molar-refractivity contribution in [2.24, 2.45) is 0 Å². The molecule has 1 aromatic rings. The van der Waals surface area contributed by atoms with Crippen LogP contribution in [0.15, 0.2) is 18.3 Å². The van der Waals surface area contributed by atoms with Crippen molar-refractivity contribution >= 4 is 11.6 Å². The molecule has 8 heteroatoms. The number of pyridine rings is 1. The zero-order valence-corrected chi connectivity index (χ0v) is 11.7. The van der Waals surface area contributed by atoms with Gasteiger partial charge >= 0.3 is 6.18 Å². The lowest BCUT2D eigenvalue weighted by Gasteiger charge is -2.34. The first-order valence-corrected chi connectivity index (χ1v) is 6.40. The number of rotatable bonds is 2. The molecule has 116 valence electrons. The van der Waals surface area contributed by atoms with E-state index < -0.39 is 18.0 Å². The summed E-state index contributed by atoms with van der Waals surface area (Å²) in [6.07, 6.45) is -4.03. The Kier molecular flexibility index (Phi) is 4.36. The van der Waals surface area contributed by atoms with E-state index in [-0.39, 0.29) is 19.1 Å². The summed E-state index contributed by atoms with van der Waals surface area (Å²) in [5.74, 6) is -0.204. The Morgan fingerprint density at radius 1 is 1.48 bits per heavy atom. The third-order valence-electron chi connectivity index (χ3n) is 3.18. The minimum atomic E-state index is -4.48. The summed E-state index contributed by atoms with van der Waals surface area (Å²) in [7, 11) is 3.22. The molecule has 0 bridgehead atoms. The van der Waals surface area contributed by atoms with Crippen LogP contribution in [0.25, 0.3) is 0 Å². The lowest BCUT2D eigenvalue weighted by atomic mass is 10.2. The van der Waals surface area contributed by atoms with Crippen LogP contribution in [-0.4, -0.2) is 55.7 Å². The molecule has 5 nitrogen and oxygen atoms in total. The monoisotopic (exact) mass is 303 g/mol. The maximum atomic E-state index is 12.7. The molecule has 2 rings (SSSR count). The van der Waals surface area contributed by atoms with Crippen molar-refractivity contribution in [1.29, 1.82) is 0 Å². The number of aromatic nitrogens is 1. The molecule has 0 N–H and O–H groups in total. The zero-order chi connectivity index (χ0) is 15.6. The molecule has 1 unspecified atom stereocenters. The fourth-order valence-corrected chi connectivity index (χ4v) is 2.09. The van der Waals surface area contributed by atoms with Crippen molar-refractivity contribution in [1.82, 2.24) is 9.88 Å². The maximum Gasteiger partial charge on any atom is 0.433 e. The highest BCUT2D eigenvalue weighted by Crippen LogP contribution is 2.30. The second-order valence-electron chi connectivity index (χ2n) is 4.94. The largest absolute Gasteiger partial charge is 0.433 e. The van der Waals surface area contributed by atoms with Gasteiger partial charge in [0.15, 0.2) is 6.10 Å². The van der Waals surface area contributed by atoms with Gasteiger partial charge in [-0.05, 0) is 12.1 Å². The van der Waals surface area contributed by atoms with E-state index in [9.17, 15) is 18.0 Å². The van der Waals surface area contributed by atoms with E-state index in [1.807, 2.05) is 0 Å². The highest BCUT2D eigenvalue weighted by atomic mass is 19.4. The van der Waals surface area contributed by atoms with Gasteiger partial charge in [0.2, 0.25) is 0 Å². The number of likely N-dealkylation sites (N-methyl/N-ethyl adjacent to an activating group) is 1. The Morgan fingerprint density at radius 3 is 2.81 bits per heavy atom. The zero-order valence-electron chi connectivity index (χ0n) is 11.7. The molecule has 0 aliphatic carbocycles. The first kappa shape index (κ1) is 15.6. The van der Waals surface area contributed by atoms with Crippen molar-refractivity contribution < 1.29 is 22.7 Å². The van der Waals surface area contributed by atoms with Gasteiger partial charge in [-0.25, -0.2) is 0 Å². The molecule has 1 aliphatic heterocycles. The Labute approximate surface area is 120 Å². The predicted molar refractivity (Wildman–Crippen MR) is 69.9 cm³/mol. The summed E-state index contributed by atoms with van der Waals surface area (Å²) in [6.45, 7) is 0.935. The summed E-state index contributed by atoms with van der Waals surface area (Å²) in [5, 5.41) is 0. The molecule has 0 aromatic carbocycles. The molecule has 1 aliphatic rings. The lowest BCUT2D eigenvalue weighted by Crippen LogP contribution is -2.49. The smallest absolute Gasteiger partial charge is 0.366 e. The van der Waals surface area contributed by atoms with E-state index in [2.05, 4.69) is 4.98 Å². The second-order valence-corrected chi connectivity index (χ2v) is 4.94. The number of anilines is 1. The van der Waals surface area contributed by atoms with E-state index in [1.54, 1.807) is 19.0 Å². The van der Waals surface area contributed by atoms with Crippen LogP contribution in [0.4, 0.5) is 18.9 Å². The van der Waals surface area contributed by atoms with Gasteiger partial charge in [-0.2, -0.15) is 13.2 Å². The van der Waals surface area contributed by atoms with Crippen molar-refractivity contribution in [3.05, 3.63) is 24.0 Å². The molecule has 21 heavy (non-hydrogen) atoms. The molecule has 1 fully saturated rings. The molecule has 1 atom stereocenters. The number of hydrogen-bond donors (Lipinski definition) is 0. The highest BCUT2D eigenvalue weighted by Gasteiger charge is 2.34. The van der Waals surface area contributed by atoms with Crippen LogP contribution in [0.1, 0.15) is 5.69 Å². The van der Waals surface area contributed by atoms with Gasteiger partial charge in [-0.15, -0.1) is 0 Å². The highest BCUT2D eigenvalue weighted by molar-refractivity contribution is 5.81. The number of morpholine rings is 1. The summed E-state index contributed by atoms with van der Waals surface area (Å²) in [6, 6.07) is 2.49. The van der Waals surface area contributed by atoms with Crippen LogP contribution in [0.5, 0.6) is 0 Å². The van der Waals surface area contributed by atoms with Gasteiger partial charge in [0.25, 0.3) is 5.91 Å². The third-order valence-corrected chi connectivity index (χ3v) is 3.18. The number of carbonyl (C=O) groups excluding carboxylic acids is 1. The van der Waals surface area contributed by atoms with E-state index in [1.165, 1.54) is 11.0 Å². The van der Waals surface area contributed by atoms with Gasteiger partial charge in [0.05, 0.1) is 13.2 Å². The predicted octanol–water partition coefficient (Wildman–Crippen LogP) is 1.39. The van der Waals surface area contributed by atoms with Crippen molar-refractivity contribution in [2.45, 2.75) is 12.3 Å². The van der Waals surface area contributed by atoms with E-state index in [0.29, 0.717) is 12.2 Å². The van der Waals surface area contributed by atoms with Crippen molar-refractivity contribution in [3.8, 4) is 0 Å². The van der Waals surface area contributed by atoms with Crippen molar-refractivity contribution in [3.63, 3.8) is 0 Å². The topological polar surface area (TPSA) is 45.7 Å². The number of alkyl halides is 3. The molecule has 0 saturated carbocycles. The summed E-state index contributed by atoms with van der Waals surface area (Å²) < 4.78 is 43.4. The normalized spacial score (nSPS) is 19.5. The van der Waals surface area contributed by atoms with Gasteiger partial charge in [0.1, 0.15) is 5.69 Å². The second kappa shape index (κ2) is 5.88. The summed E-state index contributed by atoms with van der Waals surface area (Å²) >= 11 is 0. The average molecular weight is 303 g/mol. The molecular formula is C13H16F3N3O2. The van der Waals surface area contributed by atoms with Gasteiger partial charge in [-0.3, -0.25) is 9.78 Å². The van der Waals surface area contributed by atoms with Crippen LogP contribution in [0.3, 0.4) is 0 Å². The maximum absolute atomic E-state index is 12.7. The van der Waals surface area contributed by atoms with Crippen molar-refractivity contribution in [2.75, 3.05) is 38.7 Å². The molecule has 1 saturated heterocycles. The average Bonchev–Trinajstić information content (AvgIpc) is 2.46. The standard InChI is InChI=1S/C13H16F3N3O2/c1-18(2)12(20)10-8-19(5-6-21-10)9-3-4-17-11(7-9)13(14,15)16/h3-4,7,10H,5-6,8H2,1-2H3. The molecule has 1 amide bonds. The molecule has 1 aromatic heterocycles. The number of carbonyl (C=O) groups is 1. The fourth-order valence-electron chi connectivity index (χ4n) is 2.09. The fraction of sp³-hybridized carbons (Fsp3) is 0.538. The quantitative estimate of drug-likeness (QED) is 0.828. The van der Waals surface area contributed by atoms with Crippen LogP contribution in [0.2, 0.25) is 0 Å². The Morgan fingerprint density at radius 2 is 2.19 bits per heavy atom. The third kappa shape index (κ3) is 3.63. The minimum Gasteiger partial charge on any atom is -0.366 e.